The molecule has 1 rings (SSSR count). The molecule has 19 heavy (non-hydrogen) atoms. The van der Waals surface area contributed by atoms with Crippen LogP contribution in [-0.4, -0.2) is 49.6 Å². The van der Waals surface area contributed by atoms with Gasteiger partial charge in [-0.05, 0) is 19.4 Å². The number of allylic oxidation sites excluding steroid dienone is 1. The van der Waals surface area contributed by atoms with Crippen LogP contribution in [0, 0.1) is 0 Å². The Morgan fingerprint density at radius 1 is 1.53 bits per heavy atom. The first kappa shape index (κ1) is 15.7. The maximum absolute atomic E-state index is 12.0. The second-order valence-electron chi connectivity index (χ2n) is 4.47. The van der Waals surface area contributed by atoms with Crippen molar-refractivity contribution in [3.63, 3.8) is 0 Å². The molecule has 0 spiro atoms. The van der Waals surface area contributed by atoms with Gasteiger partial charge >= 0.3 is 0 Å². The molecule has 0 bridgehead atoms. The number of rotatable bonds is 7. The van der Waals surface area contributed by atoms with Crippen LogP contribution in [0.25, 0.3) is 0 Å². The Hall–Kier alpha value is -1.39. The van der Waals surface area contributed by atoms with E-state index in [1.807, 2.05) is 26.0 Å². The molecule has 4 nitrogen and oxygen atoms in total. The number of hydrogen-bond donors (Lipinski definition) is 0. The first-order valence-corrected chi connectivity index (χ1v) is 6.58. The molecule has 106 valence electrons. The van der Waals surface area contributed by atoms with Gasteiger partial charge in [-0.15, -0.1) is 0 Å². The largest absolute Gasteiger partial charge is 0.491 e. The maximum atomic E-state index is 12.0. The Labute approximate surface area is 115 Å². The van der Waals surface area contributed by atoms with Gasteiger partial charge in [0, 0.05) is 19.6 Å². The molecule has 0 amide bonds. The van der Waals surface area contributed by atoms with Crippen molar-refractivity contribution in [3.05, 3.63) is 36.6 Å². The van der Waals surface area contributed by atoms with E-state index < -0.39 is 6.10 Å². The second-order valence-corrected chi connectivity index (χ2v) is 4.47. The van der Waals surface area contributed by atoms with E-state index in [2.05, 4.69) is 18.1 Å². The van der Waals surface area contributed by atoms with E-state index in [0.29, 0.717) is 19.8 Å². The lowest BCUT2D eigenvalue weighted by Crippen LogP contribution is -2.47. The number of hydrogen-bond acceptors (Lipinski definition) is 4. The van der Waals surface area contributed by atoms with Gasteiger partial charge in [0.05, 0.1) is 13.2 Å². The SMILES string of the molecule is C=C(/C=C\C)CN1CCOC(C(=O)C(=C)OCC)C1. The summed E-state index contributed by atoms with van der Waals surface area (Å²) in [4.78, 5) is 14.2. The molecule has 4 heteroatoms. The van der Waals surface area contributed by atoms with Crippen molar-refractivity contribution in [1.82, 2.24) is 4.90 Å². The Balaban J connectivity index is 2.52. The van der Waals surface area contributed by atoms with Crippen LogP contribution in [0.5, 0.6) is 0 Å². The van der Waals surface area contributed by atoms with Gasteiger partial charge < -0.3 is 9.47 Å². The van der Waals surface area contributed by atoms with Crippen LogP contribution < -0.4 is 0 Å². The molecule has 0 N–H and O–H groups in total. The van der Waals surface area contributed by atoms with E-state index in [0.717, 1.165) is 18.7 Å². The van der Waals surface area contributed by atoms with Crippen LogP contribution in [0.4, 0.5) is 0 Å². The highest BCUT2D eigenvalue weighted by atomic mass is 16.5. The highest BCUT2D eigenvalue weighted by Gasteiger charge is 2.28. The smallest absolute Gasteiger partial charge is 0.226 e. The number of carbonyl (C=O) groups excluding carboxylic acids is 1. The predicted octanol–water partition coefficient (Wildman–Crippen LogP) is 1.94. The van der Waals surface area contributed by atoms with Crippen LogP contribution in [0.2, 0.25) is 0 Å². The summed E-state index contributed by atoms with van der Waals surface area (Å²) >= 11 is 0. The van der Waals surface area contributed by atoms with Crippen LogP contribution in [0.15, 0.2) is 36.6 Å². The summed E-state index contributed by atoms with van der Waals surface area (Å²) in [6.45, 7) is 14.5. The molecule has 0 aliphatic carbocycles. The number of nitrogens with zero attached hydrogens (tertiary/aromatic N) is 1. The molecule has 0 aromatic rings. The van der Waals surface area contributed by atoms with Gasteiger partial charge in [-0.3, -0.25) is 9.69 Å². The van der Waals surface area contributed by atoms with Crippen LogP contribution >= 0.6 is 0 Å². The lowest BCUT2D eigenvalue weighted by atomic mass is 10.1. The van der Waals surface area contributed by atoms with Gasteiger partial charge in [0.2, 0.25) is 5.78 Å². The number of ketones is 1. The standard InChI is InChI=1S/C15H23NO3/c1-5-7-12(3)10-16-8-9-19-14(11-16)15(17)13(4)18-6-2/h5,7,14H,3-4,6,8-11H2,1-2H3/b7-5-. The first-order chi connectivity index (χ1) is 9.08. The summed E-state index contributed by atoms with van der Waals surface area (Å²) in [5.41, 5.74) is 1.03. The van der Waals surface area contributed by atoms with E-state index in [4.69, 9.17) is 9.47 Å². The van der Waals surface area contributed by atoms with Crippen molar-refractivity contribution in [2.45, 2.75) is 20.0 Å². The minimum Gasteiger partial charge on any atom is -0.491 e. The van der Waals surface area contributed by atoms with E-state index in [-0.39, 0.29) is 11.5 Å². The molecular formula is C15H23NO3. The average molecular weight is 265 g/mol. The van der Waals surface area contributed by atoms with Crippen molar-refractivity contribution in [1.29, 1.82) is 0 Å². The molecule has 1 heterocycles. The predicted molar refractivity (Wildman–Crippen MR) is 75.9 cm³/mol. The third kappa shape index (κ3) is 5.01. The van der Waals surface area contributed by atoms with Crippen molar-refractivity contribution in [2.24, 2.45) is 0 Å². The second kappa shape index (κ2) is 7.92. The van der Waals surface area contributed by atoms with E-state index in [9.17, 15) is 4.79 Å². The molecule has 1 saturated heterocycles. The molecule has 0 aromatic heterocycles. The summed E-state index contributed by atoms with van der Waals surface area (Å²) in [6.07, 6.45) is 3.46. The quantitative estimate of drug-likeness (QED) is 0.400. The van der Waals surface area contributed by atoms with Gasteiger partial charge in [-0.1, -0.05) is 25.3 Å². The topological polar surface area (TPSA) is 38.8 Å². The lowest BCUT2D eigenvalue weighted by Gasteiger charge is -2.32. The molecule has 1 aliphatic rings. The molecule has 0 radical (unpaired) electrons. The van der Waals surface area contributed by atoms with Crippen LogP contribution in [0.1, 0.15) is 13.8 Å². The zero-order chi connectivity index (χ0) is 14.3. The van der Waals surface area contributed by atoms with E-state index in [1.165, 1.54) is 0 Å². The summed E-state index contributed by atoms with van der Waals surface area (Å²) in [7, 11) is 0. The minimum atomic E-state index is -0.480. The Morgan fingerprint density at radius 3 is 2.89 bits per heavy atom. The summed E-state index contributed by atoms with van der Waals surface area (Å²) in [5, 5.41) is 0. The Bertz CT molecular complexity index is 374. The van der Waals surface area contributed by atoms with Crippen LogP contribution in [-0.2, 0) is 14.3 Å². The van der Waals surface area contributed by atoms with Crippen molar-refractivity contribution in [3.8, 4) is 0 Å². The molecule has 1 unspecified atom stereocenters. The number of ether oxygens (including phenoxy) is 2. The summed E-state index contributed by atoms with van der Waals surface area (Å²) in [6, 6.07) is 0. The van der Waals surface area contributed by atoms with Gasteiger partial charge in [-0.2, -0.15) is 0 Å². The minimum absolute atomic E-state index is 0.164. The number of carbonyl (C=O) groups is 1. The average Bonchev–Trinajstić information content (AvgIpc) is 2.38. The van der Waals surface area contributed by atoms with Gasteiger partial charge in [0.25, 0.3) is 0 Å². The molecule has 1 atom stereocenters. The van der Waals surface area contributed by atoms with E-state index >= 15 is 0 Å². The fourth-order valence-electron chi connectivity index (χ4n) is 2.01. The normalized spacial score (nSPS) is 20.4. The van der Waals surface area contributed by atoms with Gasteiger partial charge in [0.1, 0.15) is 6.10 Å². The molecule has 0 saturated carbocycles. The van der Waals surface area contributed by atoms with Crippen molar-refractivity contribution >= 4 is 5.78 Å². The Kier molecular flexibility index (Phi) is 6.53. The fraction of sp³-hybridized carbons (Fsp3) is 0.533. The molecular weight excluding hydrogens is 242 g/mol. The maximum Gasteiger partial charge on any atom is 0.226 e. The third-order valence-electron chi connectivity index (χ3n) is 2.87. The zero-order valence-electron chi connectivity index (χ0n) is 11.9. The first-order valence-electron chi connectivity index (χ1n) is 6.58. The number of Topliss-reactive ketones (excluding diaryl/α,β-unsaturated/α-hetero) is 1. The fourth-order valence-corrected chi connectivity index (χ4v) is 2.01. The Morgan fingerprint density at radius 2 is 2.26 bits per heavy atom. The highest BCUT2D eigenvalue weighted by molar-refractivity contribution is 5.96. The van der Waals surface area contributed by atoms with Crippen molar-refractivity contribution in [2.75, 3.05) is 32.8 Å². The zero-order valence-corrected chi connectivity index (χ0v) is 11.9. The molecule has 1 aliphatic heterocycles. The van der Waals surface area contributed by atoms with Crippen molar-refractivity contribution < 1.29 is 14.3 Å². The van der Waals surface area contributed by atoms with E-state index in [1.54, 1.807) is 0 Å². The molecule has 0 aromatic carbocycles. The lowest BCUT2D eigenvalue weighted by molar-refractivity contribution is -0.135. The summed E-state index contributed by atoms with van der Waals surface area (Å²) < 4.78 is 10.6. The third-order valence-corrected chi connectivity index (χ3v) is 2.87. The monoisotopic (exact) mass is 265 g/mol. The summed E-state index contributed by atoms with van der Waals surface area (Å²) in [5.74, 6) is 0.0184. The van der Waals surface area contributed by atoms with Crippen LogP contribution in [0.3, 0.4) is 0 Å². The number of morpholine rings is 1. The highest BCUT2D eigenvalue weighted by Crippen LogP contribution is 2.12. The van der Waals surface area contributed by atoms with Gasteiger partial charge in [0.15, 0.2) is 5.76 Å². The molecule has 1 fully saturated rings. The van der Waals surface area contributed by atoms with Gasteiger partial charge in [-0.25, -0.2) is 0 Å².